The van der Waals surface area contributed by atoms with E-state index in [-0.39, 0.29) is 6.04 Å². The largest absolute Gasteiger partial charge is 0.390 e. The van der Waals surface area contributed by atoms with Crippen molar-refractivity contribution in [2.24, 2.45) is 0 Å². The first kappa shape index (κ1) is 23.4. The second-order valence-electron chi connectivity index (χ2n) is 9.04. The first-order valence-electron chi connectivity index (χ1n) is 12.4. The van der Waals surface area contributed by atoms with Crippen LogP contribution in [0, 0.1) is 0 Å². The lowest BCUT2D eigenvalue weighted by atomic mass is 9.96. The minimum Gasteiger partial charge on any atom is -0.390 e. The highest BCUT2D eigenvalue weighted by Gasteiger charge is 2.27. The second kappa shape index (κ2) is 10.9. The topological polar surface area (TPSA) is 82.3 Å². The molecule has 3 heterocycles. The van der Waals surface area contributed by atoms with Crippen LogP contribution in [0.15, 0.2) is 73.3 Å². The number of benzene rings is 2. The number of aromatic nitrogens is 4. The molecule has 0 radical (unpaired) electrons. The molecule has 0 aliphatic carbocycles. The zero-order valence-electron chi connectivity index (χ0n) is 20.2. The van der Waals surface area contributed by atoms with Gasteiger partial charge in [0.2, 0.25) is 0 Å². The molecule has 1 unspecified atom stereocenters. The van der Waals surface area contributed by atoms with Crippen LogP contribution in [0.2, 0.25) is 0 Å². The number of aliphatic hydroxyl groups excluding tert-OH is 1. The average molecular weight is 472 g/mol. The van der Waals surface area contributed by atoms with Gasteiger partial charge < -0.3 is 15.0 Å². The summed E-state index contributed by atoms with van der Waals surface area (Å²) >= 11 is 0. The average Bonchev–Trinajstić information content (AvgIpc) is 3.30. The van der Waals surface area contributed by atoms with Gasteiger partial charge in [-0.1, -0.05) is 60.7 Å². The third-order valence-electron chi connectivity index (χ3n) is 6.62. The third kappa shape index (κ3) is 5.35. The molecule has 1 saturated heterocycles. The van der Waals surface area contributed by atoms with Crippen LogP contribution < -0.4 is 5.32 Å². The summed E-state index contributed by atoms with van der Waals surface area (Å²) < 4.78 is 1.92. The fourth-order valence-corrected chi connectivity index (χ4v) is 4.98. The summed E-state index contributed by atoms with van der Waals surface area (Å²) in [6, 6.07) is 21.7. The molecule has 0 bridgehead atoms. The first-order chi connectivity index (χ1) is 17.2. The van der Waals surface area contributed by atoms with E-state index < -0.39 is 6.10 Å². The Bertz CT molecular complexity index is 1170. The fourth-order valence-electron chi connectivity index (χ4n) is 4.98. The summed E-state index contributed by atoms with van der Waals surface area (Å²) in [5.41, 5.74) is 4.12. The zero-order valence-corrected chi connectivity index (χ0v) is 20.2. The van der Waals surface area contributed by atoms with Crippen LogP contribution in [-0.2, 0) is 6.54 Å². The Hall–Kier alpha value is -3.33. The van der Waals surface area contributed by atoms with E-state index >= 15 is 0 Å². The number of nitrogens with zero attached hydrogens (tertiary/aromatic N) is 6. The van der Waals surface area contributed by atoms with E-state index in [1.54, 1.807) is 12.7 Å². The van der Waals surface area contributed by atoms with Crippen LogP contribution in [0.25, 0.3) is 11.2 Å². The minimum atomic E-state index is -0.504. The van der Waals surface area contributed by atoms with E-state index in [2.05, 4.69) is 90.7 Å². The molecule has 182 valence electrons. The highest BCUT2D eigenvalue weighted by Crippen LogP contribution is 2.29. The van der Waals surface area contributed by atoms with Gasteiger partial charge in [-0.3, -0.25) is 9.80 Å². The molecule has 35 heavy (non-hydrogen) atoms. The number of fused-ring (bicyclic) bond motifs is 1. The lowest BCUT2D eigenvalue weighted by molar-refractivity contribution is 0.0560. The number of imidazole rings is 1. The minimum absolute atomic E-state index is 0.243. The van der Waals surface area contributed by atoms with Gasteiger partial charge >= 0.3 is 0 Å². The maximum absolute atomic E-state index is 10.9. The first-order valence-corrected chi connectivity index (χ1v) is 12.4. The van der Waals surface area contributed by atoms with Gasteiger partial charge in [-0.25, -0.2) is 15.0 Å². The van der Waals surface area contributed by atoms with Gasteiger partial charge in [-0.05, 0) is 18.1 Å². The van der Waals surface area contributed by atoms with Crippen molar-refractivity contribution in [2.45, 2.75) is 25.6 Å². The molecule has 2 N–H and O–H groups in total. The van der Waals surface area contributed by atoms with Gasteiger partial charge in [0, 0.05) is 39.3 Å². The summed E-state index contributed by atoms with van der Waals surface area (Å²) in [7, 11) is 0. The Morgan fingerprint density at radius 3 is 2.14 bits per heavy atom. The van der Waals surface area contributed by atoms with Gasteiger partial charge in [0.05, 0.1) is 25.0 Å². The number of hydrogen-bond acceptors (Lipinski definition) is 7. The predicted octanol–water partition coefficient (Wildman–Crippen LogP) is 3.03. The Morgan fingerprint density at radius 1 is 0.857 bits per heavy atom. The molecule has 0 amide bonds. The van der Waals surface area contributed by atoms with Crippen LogP contribution in [0.5, 0.6) is 0 Å². The summed E-state index contributed by atoms with van der Waals surface area (Å²) in [5, 5.41) is 14.1. The van der Waals surface area contributed by atoms with Crippen molar-refractivity contribution in [3.63, 3.8) is 0 Å². The quantitative estimate of drug-likeness (QED) is 0.388. The normalized spacial score (nSPS) is 16.1. The van der Waals surface area contributed by atoms with E-state index in [1.807, 2.05) is 11.5 Å². The molecule has 1 aliphatic rings. The molecule has 1 aliphatic heterocycles. The van der Waals surface area contributed by atoms with Crippen LogP contribution >= 0.6 is 0 Å². The van der Waals surface area contributed by atoms with Crippen LogP contribution in [-0.4, -0.2) is 79.8 Å². The molecule has 2 aromatic carbocycles. The molecule has 0 spiro atoms. The molecular weight excluding hydrogens is 438 g/mol. The smallest absolute Gasteiger partial charge is 0.165 e. The Kier molecular flexibility index (Phi) is 7.32. The van der Waals surface area contributed by atoms with Crippen LogP contribution in [0.3, 0.4) is 0 Å². The van der Waals surface area contributed by atoms with E-state index in [4.69, 9.17) is 0 Å². The maximum Gasteiger partial charge on any atom is 0.165 e. The van der Waals surface area contributed by atoms with Crippen LogP contribution in [0.1, 0.15) is 24.1 Å². The van der Waals surface area contributed by atoms with E-state index in [1.165, 1.54) is 11.1 Å². The summed E-state index contributed by atoms with van der Waals surface area (Å²) in [4.78, 5) is 18.0. The van der Waals surface area contributed by atoms with Crippen molar-refractivity contribution in [3.8, 4) is 0 Å². The molecule has 1 fully saturated rings. The summed E-state index contributed by atoms with van der Waals surface area (Å²) in [6.45, 7) is 7.62. The van der Waals surface area contributed by atoms with Crippen molar-refractivity contribution in [1.29, 1.82) is 0 Å². The molecule has 8 nitrogen and oxygen atoms in total. The van der Waals surface area contributed by atoms with Gasteiger partial charge in [-0.2, -0.15) is 0 Å². The predicted molar refractivity (Wildman–Crippen MR) is 138 cm³/mol. The number of rotatable bonds is 9. The van der Waals surface area contributed by atoms with Crippen molar-refractivity contribution in [1.82, 2.24) is 29.3 Å². The fraction of sp³-hybridized carbons (Fsp3) is 0.370. The van der Waals surface area contributed by atoms with Gasteiger partial charge in [0.25, 0.3) is 0 Å². The second-order valence-corrected chi connectivity index (χ2v) is 9.04. The molecule has 1 atom stereocenters. The molecule has 2 aromatic heterocycles. The molecule has 0 saturated carbocycles. The zero-order chi connectivity index (χ0) is 24.0. The Balaban J connectivity index is 1.21. The third-order valence-corrected chi connectivity index (χ3v) is 6.62. The number of hydrogen-bond donors (Lipinski definition) is 2. The maximum atomic E-state index is 10.9. The Morgan fingerprint density at radius 2 is 1.51 bits per heavy atom. The lowest BCUT2D eigenvalue weighted by Crippen LogP contribution is -2.50. The molecule has 8 heteroatoms. The van der Waals surface area contributed by atoms with Crippen molar-refractivity contribution in [3.05, 3.63) is 84.4 Å². The Labute approximate surface area is 206 Å². The van der Waals surface area contributed by atoms with Crippen molar-refractivity contribution >= 4 is 17.0 Å². The molecule has 4 aromatic rings. The lowest BCUT2D eigenvalue weighted by Gasteiger charge is -2.40. The number of piperazine rings is 1. The van der Waals surface area contributed by atoms with Gasteiger partial charge in [0.15, 0.2) is 11.5 Å². The summed E-state index contributed by atoms with van der Waals surface area (Å²) in [6.07, 6.45) is 2.78. The highest BCUT2D eigenvalue weighted by atomic mass is 16.3. The van der Waals surface area contributed by atoms with Crippen LogP contribution in [0.4, 0.5) is 5.82 Å². The van der Waals surface area contributed by atoms with Crippen molar-refractivity contribution < 1.29 is 5.11 Å². The number of nitrogens with one attached hydrogen (secondary N) is 1. The SMILES string of the molecule is CCNc1ncnc2c1ncn2CC(O)CN1CCN(C(c2ccccc2)c2ccccc2)CC1. The molecular formula is C27H33N7O. The number of β-amino-alcohol motifs (C(OH)–C–C–N with tert-alkyl or cyclic N) is 1. The summed E-state index contributed by atoms with van der Waals surface area (Å²) in [5.74, 6) is 0.730. The number of aliphatic hydroxyl groups is 1. The van der Waals surface area contributed by atoms with E-state index in [9.17, 15) is 5.11 Å². The highest BCUT2D eigenvalue weighted by molar-refractivity contribution is 5.82. The molecule has 5 rings (SSSR count). The monoisotopic (exact) mass is 471 g/mol. The van der Waals surface area contributed by atoms with E-state index in [0.29, 0.717) is 13.1 Å². The van der Waals surface area contributed by atoms with Crippen molar-refractivity contribution in [2.75, 3.05) is 44.6 Å². The number of anilines is 1. The standard InChI is InChI=1S/C27H33N7O/c1-2-28-26-24-27(30-19-29-26)34(20-31-24)18-23(35)17-32-13-15-33(16-14-32)25(21-9-5-3-6-10-21)22-11-7-4-8-12-22/h3-12,19-20,23,25,35H,2,13-18H2,1H3,(H,28,29,30). The van der Waals surface area contributed by atoms with Gasteiger partial charge in [0.1, 0.15) is 11.8 Å². The van der Waals surface area contributed by atoms with E-state index in [0.717, 1.165) is 49.7 Å². The van der Waals surface area contributed by atoms with Gasteiger partial charge in [-0.15, -0.1) is 0 Å².